The van der Waals surface area contributed by atoms with Crippen molar-refractivity contribution in [3.8, 4) is 0 Å². The lowest BCUT2D eigenvalue weighted by molar-refractivity contribution is -0.0898. The van der Waals surface area contributed by atoms with Gasteiger partial charge in [-0.3, -0.25) is 0 Å². The molecule has 0 amide bonds. The summed E-state index contributed by atoms with van der Waals surface area (Å²) in [6, 6.07) is 0. The molecular weight excluding hydrogens is 166 g/mol. The Bertz CT molecular complexity index is 160. The van der Waals surface area contributed by atoms with Crippen LogP contribution in [0.25, 0.3) is 0 Å². The highest BCUT2D eigenvalue weighted by Crippen LogP contribution is 2.31. The third-order valence-corrected chi connectivity index (χ3v) is 3.31. The number of aliphatic hydroxyl groups is 1. The predicted octanol–water partition coefficient (Wildman–Crippen LogP) is 0.527. The van der Waals surface area contributed by atoms with Gasteiger partial charge in [-0.2, -0.15) is 0 Å². The zero-order valence-corrected chi connectivity index (χ0v) is 8.09. The highest BCUT2D eigenvalue weighted by atomic mass is 16.5. The van der Waals surface area contributed by atoms with Crippen molar-refractivity contribution in [1.29, 1.82) is 0 Å². The van der Waals surface area contributed by atoms with Crippen LogP contribution in [0.2, 0.25) is 0 Å². The number of rotatable bonds is 1. The van der Waals surface area contributed by atoms with Crippen molar-refractivity contribution in [2.45, 2.75) is 31.3 Å². The number of ether oxygens (including phenoxy) is 1. The van der Waals surface area contributed by atoms with Gasteiger partial charge in [0.1, 0.15) is 0 Å². The minimum Gasteiger partial charge on any atom is -0.388 e. The Balaban J connectivity index is 1.94. The largest absolute Gasteiger partial charge is 0.388 e. The van der Waals surface area contributed by atoms with Crippen molar-refractivity contribution in [3.63, 3.8) is 0 Å². The maximum Gasteiger partial charge on any atom is 0.0821 e. The number of hydrogen-bond acceptors (Lipinski definition) is 3. The monoisotopic (exact) mass is 185 g/mol. The minimum absolute atomic E-state index is 0.356. The standard InChI is InChI=1S/C10H19NO2/c12-10(4-2-5-11-8-10)9-3-1-6-13-7-9/h9,11-12H,1-8H2. The highest BCUT2D eigenvalue weighted by molar-refractivity contribution is 4.92. The maximum atomic E-state index is 10.4. The average Bonchev–Trinajstić information content (AvgIpc) is 2.20. The molecule has 2 fully saturated rings. The molecular formula is C10H19NO2. The summed E-state index contributed by atoms with van der Waals surface area (Å²) in [4.78, 5) is 0. The normalized spacial score (nSPS) is 41.8. The molecule has 0 aromatic carbocycles. The highest BCUT2D eigenvalue weighted by Gasteiger charge is 2.38. The summed E-state index contributed by atoms with van der Waals surface area (Å²) in [5.74, 6) is 0.356. The second-order valence-corrected chi connectivity index (χ2v) is 4.30. The first kappa shape index (κ1) is 9.44. The number of β-amino-alcohol motifs (C(OH)–C–C–N with tert-alkyl or cyclic N) is 1. The zero-order chi connectivity index (χ0) is 9.15. The summed E-state index contributed by atoms with van der Waals surface area (Å²) in [5.41, 5.74) is -0.487. The number of nitrogens with one attached hydrogen (secondary N) is 1. The summed E-state index contributed by atoms with van der Waals surface area (Å²) in [6.45, 7) is 3.43. The number of hydrogen-bond donors (Lipinski definition) is 2. The fourth-order valence-corrected chi connectivity index (χ4v) is 2.43. The van der Waals surface area contributed by atoms with Crippen molar-refractivity contribution in [2.75, 3.05) is 26.3 Å². The summed E-state index contributed by atoms with van der Waals surface area (Å²) < 4.78 is 5.41. The van der Waals surface area contributed by atoms with Crippen molar-refractivity contribution in [1.82, 2.24) is 5.32 Å². The molecule has 2 heterocycles. The lowest BCUT2D eigenvalue weighted by Gasteiger charge is -2.41. The molecule has 0 aromatic heterocycles. The third-order valence-electron chi connectivity index (χ3n) is 3.31. The van der Waals surface area contributed by atoms with Gasteiger partial charge in [0.2, 0.25) is 0 Å². The van der Waals surface area contributed by atoms with E-state index in [-0.39, 0.29) is 0 Å². The third kappa shape index (κ3) is 2.03. The van der Waals surface area contributed by atoms with Crippen LogP contribution in [0.15, 0.2) is 0 Å². The fraction of sp³-hybridized carbons (Fsp3) is 1.00. The van der Waals surface area contributed by atoms with Gasteiger partial charge in [-0.15, -0.1) is 0 Å². The van der Waals surface area contributed by atoms with Crippen molar-refractivity contribution >= 4 is 0 Å². The van der Waals surface area contributed by atoms with Crippen LogP contribution < -0.4 is 5.32 Å². The van der Waals surface area contributed by atoms with Crippen LogP contribution in [-0.4, -0.2) is 37.0 Å². The molecule has 0 saturated carbocycles. The molecule has 3 heteroatoms. The van der Waals surface area contributed by atoms with E-state index in [1.54, 1.807) is 0 Å². The Morgan fingerprint density at radius 2 is 2.31 bits per heavy atom. The van der Waals surface area contributed by atoms with Crippen LogP contribution in [-0.2, 0) is 4.74 Å². The van der Waals surface area contributed by atoms with E-state index in [1.165, 1.54) is 0 Å². The second kappa shape index (κ2) is 3.95. The molecule has 76 valence electrons. The van der Waals surface area contributed by atoms with Crippen LogP contribution in [0.3, 0.4) is 0 Å². The number of piperidine rings is 1. The minimum atomic E-state index is -0.487. The van der Waals surface area contributed by atoms with E-state index >= 15 is 0 Å². The first-order chi connectivity index (χ1) is 6.31. The van der Waals surface area contributed by atoms with Crippen LogP contribution in [0.5, 0.6) is 0 Å². The molecule has 0 aliphatic carbocycles. The SMILES string of the molecule is OC1(C2CCCOC2)CCCNC1. The van der Waals surface area contributed by atoms with Crippen LogP contribution in [0.4, 0.5) is 0 Å². The van der Waals surface area contributed by atoms with E-state index in [0.717, 1.165) is 52.0 Å². The van der Waals surface area contributed by atoms with Gasteiger partial charge in [-0.25, -0.2) is 0 Å². The Kier molecular flexibility index (Phi) is 2.86. The Morgan fingerprint density at radius 3 is 2.92 bits per heavy atom. The molecule has 2 aliphatic heterocycles. The van der Waals surface area contributed by atoms with Gasteiger partial charge in [0.25, 0.3) is 0 Å². The maximum absolute atomic E-state index is 10.4. The quantitative estimate of drug-likeness (QED) is 0.626. The molecule has 0 bridgehead atoms. The van der Waals surface area contributed by atoms with Gasteiger partial charge >= 0.3 is 0 Å². The van der Waals surface area contributed by atoms with E-state index in [4.69, 9.17) is 4.74 Å². The molecule has 0 radical (unpaired) electrons. The Morgan fingerprint density at radius 1 is 1.38 bits per heavy atom. The Hall–Kier alpha value is -0.120. The molecule has 0 spiro atoms. The Labute approximate surface area is 79.5 Å². The summed E-state index contributed by atoms with van der Waals surface area (Å²) >= 11 is 0. The van der Waals surface area contributed by atoms with Crippen LogP contribution in [0, 0.1) is 5.92 Å². The lowest BCUT2D eigenvalue weighted by Crippen LogP contribution is -2.52. The van der Waals surface area contributed by atoms with Crippen molar-refractivity contribution in [2.24, 2.45) is 5.92 Å². The first-order valence-corrected chi connectivity index (χ1v) is 5.32. The molecule has 13 heavy (non-hydrogen) atoms. The van der Waals surface area contributed by atoms with E-state index < -0.39 is 5.60 Å². The lowest BCUT2D eigenvalue weighted by atomic mass is 9.79. The molecule has 2 aliphatic rings. The van der Waals surface area contributed by atoms with E-state index in [2.05, 4.69) is 5.32 Å². The molecule has 2 rings (SSSR count). The fourth-order valence-electron chi connectivity index (χ4n) is 2.43. The van der Waals surface area contributed by atoms with E-state index in [0.29, 0.717) is 5.92 Å². The van der Waals surface area contributed by atoms with Crippen LogP contribution >= 0.6 is 0 Å². The molecule has 2 saturated heterocycles. The first-order valence-electron chi connectivity index (χ1n) is 5.32. The molecule has 0 aromatic rings. The van der Waals surface area contributed by atoms with Gasteiger partial charge in [0.15, 0.2) is 0 Å². The van der Waals surface area contributed by atoms with Gasteiger partial charge in [0, 0.05) is 19.1 Å². The van der Waals surface area contributed by atoms with Crippen molar-refractivity contribution < 1.29 is 9.84 Å². The van der Waals surface area contributed by atoms with E-state index in [1.807, 2.05) is 0 Å². The summed E-state index contributed by atoms with van der Waals surface area (Å²) in [7, 11) is 0. The van der Waals surface area contributed by atoms with Gasteiger partial charge in [-0.1, -0.05) is 0 Å². The smallest absolute Gasteiger partial charge is 0.0821 e. The molecule has 3 nitrogen and oxygen atoms in total. The van der Waals surface area contributed by atoms with Crippen molar-refractivity contribution in [3.05, 3.63) is 0 Å². The summed E-state index contributed by atoms with van der Waals surface area (Å²) in [6.07, 6.45) is 4.26. The average molecular weight is 185 g/mol. The summed E-state index contributed by atoms with van der Waals surface area (Å²) in [5, 5.41) is 13.6. The molecule has 2 unspecified atom stereocenters. The van der Waals surface area contributed by atoms with Gasteiger partial charge < -0.3 is 15.2 Å². The predicted molar refractivity (Wildman–Crippen MR) is 50.6 cm³/mol. The van der Waals surface area contributed by atoms with Crippen LogP contribution in [0.1, 0.15) is 25.7 Å². The zero-order valence-electron chi connectivity index (χ0n) is 8.09. The molecule has 2 atom stereocenters. The van der Waals surface area contributed by atoms with Gasteiger partial charge in [0.05, 0.1) is 12.2 Å². The topological polar surface area (TPSA) is 41.5 Å². The van der Waals surface area contributed by atoms with Gasteiger partial charge in [-0.05, 0) is 32.2 Å². The molecule has 2 N–H and O–H groups in total. The second-order valence-electron chi connectivity index (χ2n) is 4.30. The van der Waals surface area contributed by atoms with E-state index in [9.17, 15) is 5.11 Å².